The molecule has 178 valence electrons. The lowest BCUT2D eigenvalue weighted by molar-refractivity contribution is -0.114. The Balaban J connectivity index is 1.91. The fourth-order valence-electron chi connectivity index (χ4n) is 3.35. The molecule has 34 heavy (non-hydrogen) atoms. The number of amides is 1. The van der Waals surface area contributed by atoms with E-state index in [-0.39, 0.29) is 5.91 Å². The fraction of sp³-hybridized carbons (Fsp3) is 0.259. The maximum atomic E-state index is 11.3. The Bertz CT molecular complexity index is 1030. The van der Waals surface area contributed by atoms with Crippen LogP contribution in [0.25, 0.3) is 0 Å². The number of thioether (sulfide) groups is 1. The number of carbonyl (C=O) groups excluding carboxylic acids is 1. The normalized spacial score (nSPS) is 11.1. The number of nitrogens with one attached hydrogen (secondary N) is 1. The van der Waals surface area contributed by atoms with Gasteiger partial charge >= 0.3 is 0 Å². The number of hydrogen-bond donors (Lipinski definition) is 1. The molecule has 1 amide bonds. The number of ether oxygens (including phenoxy) is 2. The zero-order chi connectivity index (χ0) is 24.3. The minimum Gasteiger partial charge on any atom is -0.497 e. The topological polar surface area (TPSA) is 63.2 Å². The summed E-state index contributed by atoms with van der Waals surface area (Å²) in [6.45, 7) is 5.02. The van der Waals surface area contributed by atoms with Gasteiger partial charge in [0.25, 0.3) is 0 Å². The highest BCUT2D eigenvalue weighted by Crippen LogP contribution is 2.24. The van der Waals surface area contributed by atoms with Gasteiger partial charge in [-0.15, -0.1) is 0 Å². The van der Waals surface area contributed by atoms with E-state index >= 15 is 0 Å². The summed E-state index contributed by atoms with van der Waals surface area (Å²) >= 11 is 1.70. The van der Waals surface area contributed by atoms with Crippen molar-refractivity contribution in [2.45, 2.75) is 26.9 Å². The molecule has 0 aromatic heterocycles. The number of amidine groups is 1. The van der Waals surface area contributed by atoms with Crippen LogP contribution in [0.4, 0.5) is 11.4 Å². The maximum Gasteiger partial charge on any atom is 0.221 e. The van der Waals surface area contributed by atoms with Gasteiger partial charge in [0.1, 0.15) is 11.5 Å². The quantitative estimate of drug-likeness (QED) is 0.298. The van der Waals surface area contributed by atoms with Crippen LogP contribution < -0.4 is 14.8 Å². The number of carbonyl (C=O) groups is 1. The summed E-state index contributed by atoms with van der Waals surface area (Å²) in [5.74, 6) is 2.47. The van der Waals surface area contributed by atoms with Gasteiger partial charge in [-0.3, -0.25) is 4.79 Å². The summed E-state index contributed by atoms with van der Waals surface area (Å²) in [5, 5.41) is 3.73. The second kappa shape index (κ2) is 12.7. The monoisotopic (exact) mass is 477 g/mol. The molecular formula is C27H31N3O3S. The molecule has 0 spiro atoms. The first-order valence-electron chi connectivity index (χ1n) is 11.1. The number of benzene rings is 3. The van der Waals surface area contributed by atoms with Crippen molar-refractivity contribution in [2.75, 3.05) is 25.3 Å². The standard InChI is InChI=1S/C27H31N3O3S/c1-5-34-27(29-24-12-10-23(11-13-24)28-20(2)31)30(18-21-6-14-25(32-3)15-7-21)19-22-8-16-26(33-4)17-9-22/h6-17H,5,18-19H2,1-4H3,(H,28,31). The number of methoxy groups -OCH3 is 2. The molecule has 0 bridgehead atoms. The van der Waals surface area contributed by atoms with Gasteiger partial charge in [-0.05, 0) is 65.4 Å². The Labute approximate surface area is 206 Å². The van der Waals surface area contributed by atoms with Crippen molar-refractivity contribution in [2.24, 2.45) is 4.99 Å². The maximum absolute atomic E-state index is 11.3. The molecular weight excluding hydrogens is 446 g/mol. The third-order valence-electron chi connectivity index (χ3n) is 5.02. The van der Waals surface area contributed by atoms with Crippen LogP contribution in [0.5, 0.6) is 11.5 Å². The lowest BCUT2D eigenvalue weighted by Gasteiger charge is -2.26. The Morgan fingerprint density at radius 3 is 1.76 bits per heavy atom. The average molecular weight is 478 g/mol. The predicted molar refractivity (Wildman–Crippen MR) is 141 cm³/mol. The van der Waals surface area contributed by atoms with E-state index in [2.05, 4.69) is 41.4 Å². The van der Waals surface area contributed by atoms with E-state index in [9.17, 15) is 4.79 Å². The van der Waals surface area contributed by atoms with Crippen molar-refractivity contribution < 1.29 is 14.3 Å². The molecule has 0 saturated carbocycles. The molecule has 3 aromatic carbocycles. The van der Waals surface area contributed by atoms with Gasteiger partial charge in [0.15, 0.2) is 5.17 Å². The van der Waals surface area contributed by atoms with Crippen LogP contribution in [-0.2, 0) is 17.9 Å². The fourth-order valence-corrected chi connectivity index (χ4v) is 4.09. The van der Waals surface area contributed by atoms with Crippen molar-refractivity contribution in [3.63, 3.8) is 0 Å². The highest BCUT2D eigenvalue weighted by molar-refractivity contribution is 8.13. The molecule has 0 aliphatic heterocycles. The zero-order valence-corrected chi connectivity index (χ0v) is 20.9. The molecule has 3 aromatic rings. The first-order chi connectivity index (χ1) is 16.5. The SMILES string of the molecule is CCSC(=Nc1ccc(NC(C)=O)cc1)N(Cc1ccc(OC)cc1)Cc1ccc(OC)cc1. The highest BCUT2D eigenvalue weighted by atomic mass is 32.2. The molecule has 0 heterocycles. The van der Waals surface area contributed by atoms with Crippen LogP contribution in [-0.4, -0.2) is 35.9 Å². The van der Waals surface area contributed by atoms with Crippen LogP contribution in [0, 0.1) is 0 Å². The van der Waals surface area contributed by atoms with Gasteiger partial charge in [0.05, 0.1) is 19.9 Å². The molecule has 3 rings (SSSR count). The largest absolute Gasteiger partial charge is 0.497 e. The molecule has 0 aliphatic rings. The highest BCUT2D eigenvalue weighted by Gasteiger charge is 2.14. The van der Waals surface area contributed by atoms with Gasteiger partial charge in [0.2, 0.25) is 5.91 Å². The number of anilines is 1. The third kappa shape index (κ3) is 7.56. The summed E-state index contributed by atoms with van der Waals surface area (Å²) in [6.07, 6.45) is 0. The van der Waals surface area contributed by atoms with E-state index in [1.165, 1.54) is 18.1 Å². The average Bonchev–Trinajstić information content (AvgIpc) is 2.85. The predicted octanol–water partition coefficient (Wildman–Crippen LogP) is 6.11. The lowest BCUT2D eigenvalue weighted by atomic mass is 10.1. The molecule has 0 unspecified atom stereocenters. The number of aliphatic imine (C=N–C) groups is 1. The number of rotatable bonds is 9. The van der Waals surface area contributed by atoms with E-state index in [4.69, 9.17) is 14.5 Å². The Hall–Kier alpha value is -3.45. The molecule has 1 N–H and O–H groups in total. The second-order valence-corrected chi connectivity index (χ2v) is 8.84. The van der Waals surface area contributed by atoms with Gasteiger partial charge in [0, 0.05) is 25.7 Å². The Morgan fingerprint density at radius 2 is 1.35 bits per heavy atom. The molecule has 0 saturated heterocycles. The van der Waals surface area contributed by atoms with Gasteiger partial charge in [-0.25, -0.2) is 4.99 Å². The van der Waals surface area contributed by atoms with Crippen molar-refractivity contribution in [3.8, 4) is 11.5 Å². The van der Waals surface area contributed by atoms with Crippen LogP contribution in [0.15, 0.2) is 77.8 Å². The van der Waals surface area contributed by atoms with Crippen molar-refractivity contribution in [3.05, 3.63) is 83.9 Å². The molecule has 6 nitrogen and oxygen atoms in total. The van der Waals surface area contributed by atoms with E-state index < -0.39 is 0 Å². The molecule has 0 radical (unpaired) electrons. The minimum atomic E-state index is -0.0939. The number of nitrogens with zero attached hydrogens (tertiary/aromatic N) is 2. The van der Waals surface area contributed by atoms with Gasteiger partial charge in [-0.1, -0.05) is 43.0 Å². The third-order valence-corrected chi connectivity index (χ3v) is 5.92. The summed E-state index contributed by atoms with van der Waals surface area (Å²) < 4.78 is 10.6. The van der Waals surface area contributed by atoms with Crippen LogP contribution in [0.3, 0.4) is 0 Å². The summed E-state index contributed by atoms with van der Waals surface area (Å²) in [5.41, 5.74) is 3.92. The lowest BCUT2D eigenvalue weighted by Crippen LogP contribution is -2.28. The summed E-state index contributed by atoms with van der Waals surface area (Å²) in [7, 11) is 3.34. The van der Waals surface area contributed by atoms with E-state index in [1.54, 1.807) is 26.0 Å². The van der Waals surface area contributed by atoms with Crippen molar-refractivity contribution in [1.29, 1.82) is 0 Å². The summed E-state index contributed by atoms with van der Waals surface area (Å²) in [4.78, 5) is 18.6. The van der Waals surface area contributed by atoms with Crippen LogP contribution in [0.1, 0.15) is 25.0 Å². The van der Waals surface area contributed by atoms with Crippen molar-refractivity contribution in [1.82, 2.24) is 4.90 Å². The Morgan fingerprint density at radius 1 is 0.853 bits per heavy atom. The summed E-state index contributed by atoms with van der Waals surface area (Å²) in [6, 6.07) is 23.8. The Kier molecular flexibility index (Phi) is 9.40. The van der Waals surface area contributed by atoms with E-state index in [0.717, 1.165) is 33.8 Å². The number of hydrogen-bond acceptors (Lipinski definition) is 5. The smallest absolute Gasteiger partial charge is 0.221 e. The molecule has 7 heteroatoms. The first kappa shape index (κ1) is 25.2. The van der Waals surface area contributed by atoms with Crippen LogP contribution >= 0.6 is 11.8 Å². The first-order valence-corrected chi connectivity index (χ1v) is 12.1. The zero-order valence-electron chi connectivity index (χ0n) is 20.1. The van der Waals surface area contributed by atoms with Crippen molar-refractivity contribution >= 4 is 34.2 Å². The van der Waals surface area contributed by atoms with Gasteiger partial charge < -0.3 is 19.7 Å². The van der Waals surface area contributed by atoms with E-state index in [0.29, 0.717) is 13.1 Å². The molecule has 0 atom stereocenters. The molecule has 0 aliphatic carbocycles. The molecule has 0 fully saturated rings. The van der Waals surface area contributed by atoms with E-state index in [1.807, 2.05) is 48.5 Å². The van der Waals surface area contributed by atoms with Gasteiger partial charge in [-0.2, -0.15) is 0 Å². The minimum absolute atomic E-state index is 0.0939. The second-order valence-electron chi connectivity index (χ2n) is 7.61. The van der Waals surface area contributed by atoms with Crippen LogP contribution in [0.2, 0.25) is 0 Å².